The summed E-state index contributed by atoms with van der Waals surface area (Å²) >= 11 is 0. The van der Waals surface area contributed by atoms with E-state index in [-0.39, 0.29) is 12.5 Å². The number of ether oxygens (including phenoxy) is 1. The van der Waals surface area contributed by atoms with Crippen molar-refractivity contribution in [2.24, 2.45) is 0 Å². The first-order chi connectivity index (χ1) is 8.33. The number of rotatable bonds is 9. The maximum Gasteiger partial charge on any atom is 0.220 e. The van der Waals surface area contributed by atoms with Gasteiger partial charge in [-0.15, -0.1) is 0 Å². The summed E-state index contributed by atoms with van der Waals surface area (Å²) in [5, 5.41) is 11.3. The van der Waals surface area contributed by atoms with Crippen LogP contribution in [-0.4, -0.2) is 30.8 Å². The summed E-state index contributed by atoms with van der Waals surface area (Å²) in [5.41, 5.74) is 0. The maximum atomic E-state index is 11.1. The summed E-state index contributed by atoms with van der Waals surface area (Å²) in [4.78, 5) is 11.1. The predicted octanol–water partition coefficient (Wildman–Crippen LogP) is 1.07. The van der Waals surface area contributed by atoms with Gasteiger partial charge in [0, 0.05) is 26.2 Å². The topological polar surface area (TPSA) is 71.7 Å². The number of amides is 1. The Kier molecular flexibility index (Phi) is 7.09. The van der Waals surface area contributed by atoms with Gasteiger partial charge in [-0.1, -0.05) is 0 Å². The molecule has 0 aromatic carbocycles. The van der Waals surface area contributed by atoms with Gasteiger partial charge in [-0.25, -0.2) is 0 Å². The highest BCUT2D eigenvalue weighted by molar-refractivity contribution is 5.75. The molecule has 5 nitrogen and oxygen atoms in total. The van der Waals surface area contributed by atoms with E-state index in [0.717, 1.165) is 12.2 Å². The molecule has 1 heterocycles. The molecule has 0 spiro atoms. The van der Waals surface area contributed by atoms with Crippen LogP contribution in [0.1, 0.15) is 25.0 Å². The van der Waals surface area contributed by atoms with E-state index in [9.17, 15) is 4.79 Å². The Morgan fingerprint density at radius 3 is 3.06 bits per heavy atom. The van der Waals surface area contributed by atoms with Crippen LogP contribution in [0.25, 0.3) is 0 Å². The molecule has 0 bridgehead atoms. The molecule has 17 heavy (non-hydrogen) atoms. The lowest BCUT2D eigenvalue weighted by Gasteiger charge is -2.05. The number of aliphatic hydroxyl groups is 1. The van der Waals surface area contributed by atoms with Crippen molar-refractivity contribution in [1.82, 2.24) is 5.32 Å². The molecule has 0 aliphatic carbocycles. The summed E-state index contributed by atoms with van der Waals surface area (Å²) < 4.78 is 10.5. The minimum atomic E-state index is -0.0231. The molecule has 0 unspecified atom stereocenters. The number of aliphatic hydroxyl groups excluding tert-OH is 1. The van der Waals surface area contributed by atoms with E-state index in [1.54, 1.807) is 6.26 Å². The molecule has 0 fully saturated rings. The van der Waals surface area contributed by atoms with Crippen molar-refractivity contribution in [3.05, 3.63) is 24.2 Å². The molecule has 1 amide bonds. The number of hydrogen-bond acceptors (Lipinski definition) is 4. The van der Waals surface area contributed by atoms with Crippen LogP contribution in [0.2, 0.25) is 0 Å². The molecule has 1 rings (SSSR count). The zero-order chi connectivity index (χ0) is 12.3. The lowest BCUT2D eigenvalue weighted by atomic mass is 10.3. The van der Waals surface area contributed by atoms with Gasteiger partial charge in [0.15, 0.2) is 0 Å². The second-order valence-corrected chi connectivity index (χ2v) is 3.66. The van der Waals surface area contributed by atoms with Gasteiger partial charge in [0.1, 0.15) is 12.4 Å². The van der Waals surface area contributed by atoms with Gasteiger partial charge in [-0.05, 0) is 25.0 Å². The molecule has 0 saturated heterocycles. The highest BCUT2D eigenvalue weighted by Crippen LogP contribution is 2.01. The van der Waals surface area contributed by atoms with Crippen LogP contribution in [0.15, 0.2) is 22.8 Å². The summed E-state index contributed by atoms with van der Waals surface area (Å²) in [7, 11) is 0. The normalized spacial score (nSPS) is 10.4. The van der Waals surface area contributed by atoms with Gasteiger partial charge >= 0.3 is 0 Å². The van der Waals surface area contributed by atoms with Crippen LogP contribution >= 0.6 is 0 Å². The standard InChI is InChI=1S/C12H19NO4/c14-7-1-5-12(15)13-6-3-8-16-10-11-4-2-9-17-11/h2,4,9,14H,1,3,5-8,10H2,(H,13,15). The molecule has 1 aromatic rings. The smallest absolute Gasteiger partial charge is 0.220 e. The van der Waals surface area contributed by atoms with E-state index in [1.807, 2.05) is 12.1 Å². The van der Waals surface area contributed by atoms with E-state index < -0.39 is 0 Å². The number of hydrogen-bond donors (Lipinski definition) is 2. The van der Waals surface area contributed by atoms with Crippen molar-refractivity contribution in [3.8, 4) is 0 Å². The molecular formula is C12H19NO4. The van der Waals surface area contributed by atoms with Crippen LogP contribution in [0.5, 0.6) is 0 Å². The van der Waals surface area contributed by atoms with Crippen LogP contribution in [0.3, 0.4) is 0 Å². The lowest BCUT2D eigenvalue weighted by molar-refractivity contribution is -0.121. The number of carbonyl (C=O) groups excluding carboxylic acids is 1. The SMILES string of the molecule is O=C(CCCO)NCCCOCc1ccco1. The fourth-order valence-electron chi connectivity index (χ4n) is 1.30. The third kappa shape index (κ3) is 6.76. The number of nitrogens with one attached hydrogen (secondary N) is 1. The monoisotopic (exact) mass is 241 g/mol. The Bertz CT molecular complexity index is 297. The minimum absolute atomic E-state index is 0.0231. The molecule has 1 aromatic heterocycles. The summed E-state index contributed by atoms with van der Waals surface area (Å²) in [6.07, 6.45) is 3.27. The van der Waals surface area contributed by atoms with Crippen molar-refractivity contribution in [2.45, 2.75) is 25.9 Å². The molecule has 2 N–H and O–H groups in total. The third-order valence-corrected chi connectivity index (χ3v) is 2.17. The van der Waals surface area contributed by atoms with Crippen molar-refractivity contribution in [2.75, 3.05) is 19.8 Å². The molecule has 0 radical (unpaired) electrons. The van der Waals surface area contributed by atoms with Gasteiger partial charge in [0.25, 0.3) is 0 Å². The largest absolute Gasteiger partial charge is 0.467 e. The maximum absolute atomic E-state index is 11.1. The fourth-order valence-corrected chi connectivity index (χ4v) is 1.30. The van der Waals surface area contributed by atoms with Crippen LogP contribution in [0, 0.1) is 0 Å². The van der Waals surface area contributed by atoms with E-state index in [2.05, 4.69) is 5.32 Å². The second kappa shape index (κ2) is 8.78. The van der Waals surface area contributed by atoms with Crippen molar-refractivity contribution in [3.63, 3.8) is 0 Å². The summed E-state index contributed by atoms with van der Waals surface area (Å²) in [6.45, 7) is 1.70. The van der Waals surface area contributed by atoms with Crippen molar-refractivity contribution >= 4 is 5.91 Å². The zero-order valence-corrected chi connectivity index (χ0v) is 9.85. The molecule has 5 heteroatoms. The Labute approximate surface area is 101 Å². The number of furan rings is 1. The second-order valence-electron chi connectivity index (χ2n) is 3.66. The van der Waals surface area contributed by atoms with Crippen molar-refractivity contribution < 1.29 is 19.1 Å². The van der Waals surface area contributed by atoms with Gasteiger partial charge in [-0.2, -0.15) is 0 Å². The molecular weight excluding hydrogens is 222 g/mol. The first-order valence-corrected chi connectivity index (χ1v) is 5.80. The van der Waals surface area contributed by atoms with E-state index in [0.29, 0.717) is 32.6 Å². The Hall–Kier alpha value is -1.33. The molecule has 0 aliphatic heterocycles. The van der Waals surface area contributed by atoms with Crippen LogP contribution in [-0.2, 0) is 16.1 Å². The molecule has 0 atom stereocenters. The first-order valence-electron chi connectivity index (χ1n) is 5.80. The summed E-state index contributed by atoms with van der Waals surface area (Å²) in [6, 6.07) is 3.68. The first kappa shape index (κ1) is 13.7. The van der Waals surface area contributed by atoms with E-state index in [1.165, 1.54) is 0 Å². The van der Waals surface area contributed by atoms with Crippen molar-refractivity contribution in [1.29, 1.82) is 0 Å². The molecule has 0 aliphatic rings. The average Bonchev–Trinajstić information content (AvgIpc) is 2.84. The van der Waals surface area contributed by atoms with Gasteiger partial charge in [-0.3, -0.25) is 4.79 Å². The number of carbonyl (C=O) groups is 1. The highest BCUT2D eigenvalue weighted by atomic mass is 16.5. The Morgan fingerprint density at radius 1 is 1.47 bits per heavy atom. The quantitative estimate of drug-likeness (QED) is 0.634. The minimum Gasteiger partial charge on any atom is -0.467 e. The third-order valence-electron chi connectivity index (χ3n) is 2.17. The van der Waals surface area contributed by atoms with E-state index >= 15 is 0 Å². The average molecular weight is 241 g/mol. The van der Waals surface area contributed by atoms with Gasteiger partial charge in [0.05, 0.1) is 6.26 Å². The molecule has 96 valence electrons. The van der Waals surface area contributed by atoms with Crippen LogP contribution < -0.4 is 5.32 Å². The Balaban J connectivity index is 1.89. The molecule has 0 saturated carbocycles. The predicted molar refractivity (Wildman–Crippen MR) is 62.3 cm³/mol. The van der Waals surface area contributed by atoms with E-state index in [4.69, 9.17) is 14.3 Å². The fraction of sp³-hybridized carbons (Fsp3) is 0.583. The highest BCUT2D eigenvalue weighted by Gasteiger charge is 1.99. The van der Waals surface area contributed by atoms with Crippen LogP contribution in [0.4, 0.5) is 0 Å². The Morgan fingerprint density at radius 2 is 2.35 bits per heavy atom. The lowest BCUT2D eigenvalue weighted by Crippen LogP contribution is -2.25. The van der Waals surface area contributed by atoms with Gasteiger partial charge in [0.2, 0.25) is 5.91 Å². The summed E-state index contributed by atoms with van der Waals surface area (Å²) in [5.74, 6) is 0.780. The van der Waals surface area contributed by atoms with Gasteiger partial charge < -0.3 is 19.6 Å². The zero-order valence-electron chi connectivity index (χ0n) is 9.85.